The minimum Gasteiger partial charge on any atom is -0.334 e. The Morgan fingerprint density at radius 1 is 1.31 bits per heavy atom. The van der Waals surface area contributed by atoms with E-state index in [4.69, 9.17) is 0 Å². The molecule has 1 heterocycles. The van der Waals surface area contributed by atoms with Gasteiger partial charge in [-0.25, -0.2) is 4.79 Å². The highest BCUT2D eigenvalue weighted by Gasteiger charge is 2.24. The molecule has 2 atom stereocenters. The zero-order valence-electron chi connectivity index (χ0n) is 9.36. The van der Waals surface area contributed by atoms with Gasteiger partial charge in [0.1, 0.15) is 0 Å². The Hall–Kier alpha value is -1.55. The lowest BCUT2D eigenvalue weighted by molar-refractivity contribution is 0.247. The van der Waals surface area contributed by atoms with Crippen LogP contribution in [-0.4, -0.2) is 25.2 Å². The number of para-hydroxylation sites is 1. The fraction of sp³-hybridized carbons (Fsp3) is 0.417. The third-order valence-electron chi connectivity index (χ3n) is 2.87. The van der Waals surface area contributed by atoms with Crippen LogP contribution in [0, 0.1) is 5.92 Å². The normalized spacial score (nSPS) is 24.1. The summed E-state index contributed by atoms with van der Waals surface area (Å²) in [6.07, 6.45) is 0. The Balaban J connectivity index is 1.85. The van der Waals surface area contributed by atoms with E-state index in [1.54, 1.807) is 0 Å². The number of rotatable bonds is 2. The van der Waals surface area contributed by atoms with Crippen LogP contribution in [0.3, 0.4) is 0 Å². The van der Waals surface area contributed by atoms with Gasteiger partial charge < -0.3 is 16.0 Å². The van der Waals surface area contributed by atoms with Gasteiger partial charge in [-0.3, -0.25) is 0 Å². The number of carbonyl (C=O) groups is 1. The largest absolute Gasteiger partial charge is 0.334 e. The molecule has 2 unspecified atom stereocenters. The summed E-state index contributed by atoms with van der Waals surface area (Å²) in [5, 5.41) is 9.02. The van der Waals surface area contributed by atoms with Gasteiger partial charge in [0.2, 0.25) is 0 Å². The van der Waals surface area contributed by atoms with Crippen LogP contribution < -0.4 is 16.0 Å². The summed E-state index contributed by atoms with van der Waals surface area (Å²) in [7, 11) is 0. The van der Waals surface area contributed by atoms with Crippen molar-refractivity contribution in [2.75, 3.05) is 18.4 Å². The molecule has 0 radical (unpaired) electrons. The minimum absolute atomic E-state index is 0.133. The molecule has 4 nitrogen and oxygen atoms in total. The number of benzene rings is 1. The van der Waals surface area contributed by atoms with Crippen molar-refractivity contribution in [2.24, 2.45) is 5.92 Å². The highest BCUT2D eigenvalue weighted by Crippen LogP contribution is 2.08. The number of amides is 2. The van der Waals surface area contributed by atoms with Crippen molar-refractivity contribution in [3.63, 3.8) is 0 Å². The molecule has 1 fully saturated rings. The molecule has 1 aromatic rings. The van der Waals surface area contributed by atoms with Gasteiger partial charge in [0.15, 0.2) is 0 Å². The average Bonchev–Trinajstić information content (AvgIpc) is 2.66. The molecule has 1 saturated heterocycles. The smallest absolute Gasteiger partial charge is 0.319 e. The van der Waals surface area contributed by atoms with E-state index in [2.05, 4.69) is 22.9 Å². The van der Waals surface area contributed by atoms with Crippen molar-refractivity contribution in [1.82, 2.24) is 10.6 Å². The Bertz CT molecular complexity index is 353. The first kappa shape index (κ1) is 11.0. The maximum absolute atomic E-state index is 11.7. The Labute approximate surface area is 95.4 Å². The van der Waals surface area contributed by atoms with Crippen molar-refractivity contribution < 1.29 is 4.79 Å². The molecule has 1 aromatic carbocycles. The van der Waals surface area contributed by atoms with Crippen LogP contribution in [0.25, 0.3) is 0 Å². The molecule has 1 aliphatic rings. The predicted octanol–water partition coefficient (Wildman–Crippen LogP) is 1.42. The number of urea groups is 1. The summed E-state index contributed by atoms with van der Waals surface area (Å²) in [5.74, 6) is 0.488. The molecule has 0 spiro atoms. The van der Waals surface area contributed by atoms with E-state index in [0.717, 1.165) is 18.8 Å². The SMILES string of the molecule is CC1CNCC1NC(=O)Nc1ccccc1. The van der Waals surface area contributed by atoms with E-state index < -0.39 is 0 Å². The van der Waals surface area contributed by atoms with Gasteiger partial charge in [-0.15, -0.1) is 0 Å². The van der Waals surface area contributed by atoms with Crippen LogP contribution in [0.4, 0.5) is 10.5 Å². The topological polar surface area (TPSA) is 53.2 Å². The molecular formula is C12H17N3O. The standard InChI is InChI=1S/C12H17N3O/c1-9-7-13-8-11(9)15-12(16)14-10-5-3-2-4-6-10/h2-6,9,11,13H,7-8H2,1H3,(H2,14,15,16). The summed E-state index contributed by atoms with van der Waals surface area (Å²) in [6, 6.07) is 9.55. The second-order valence-electron chi connectivity index (χ2n) is 4.21. The van der Waals surface area contributed by atoms with Crippen molar-refractivity contribution in [3.05, 3.63) is 30.3 Å². The average molecular weight is 219 g/mol. The minimum atomic E-state index is -0.133. The number of carbonyl (C=O) groups excluding carboxylic acids is 1. The molecule has 4 heteroatoms. The fourth-order valence-corrected chi connectivity index (χ4v) is 1.86. The molecule has 0 bridgehead atoms. The van der Waals surface area contributed by atoms with Crippen LogP contribution in [0.5, 0.6) is 0 Å². The van der Waals surface area contributed by atoms with E-state index in [9.17, 15) is 4.79 Å². The number of anilines is 1. The van der Waals surface area contributed by atoms with E-state index in [0.29, 0.717) is 5.92 Å². The highest BCUT2D eigenvalue weighted by molar-refractivity contribution is 5.89. The van der Waals surface area contributed by atoms with Crippen molar-refractivity contribution in [1.29, 1.82) is 0 Å². The van der Waals surface area contributed by atoms with Gasteiger partial charge in [0, 0.05) is 18.3 Å². The monoisotopic (exact) mass is 219 g/mol. The summed E-state index contributed by atoms with van der Waals surface area (Å²) >= 11 is 0. The zero-order chi connectivity index (χ0) is 11.4. The van der Waals surface area contributed by atoms with Crippen molar-refractivity contribution in [2.45, 2.75) is 13.0 Å². The molecule has 2 rings (SSSR count). The molecule has 1 aliphatic heterocycles. The maximum atomic E-state index is 11.7. The third kappa shape index (κ3) is 2.73. The first-order valence-corrected chi connectivity index (χ1v) is 5.59. The molecule has 0 aliphatic carbocycles. The second kappa shape index (κ2) is 4.99. The highest BCUT2D eigenvalue weighted by atomic mass is 16.2. The lowest BCUT2D eigenvalue weighted by atomic mass is 10.1. The third-order valence-corrected chi connectivity index (χ3v) is 2.87. The Morgan fingerprint density at radius 3 is 2.69 bits per heavy atom. The number of hydrogen-bond acceptors (Lipinski definition) is 2. The van der Waals surface area contributed by atoms with E-state index >= 15 is 0 Å². The van der Waals surface area contributed by atoms with E-state index in [-0.39, 0.29) is 12.1 Å². The van der Waals surface area contributed by atoms with Crippen LogP contribution in [-0.2, 0) is 0 Å². The van der Waals surface area contributed by atoms with E-state index in [1.807, 2.05) is 30.3 Å². The van der Waals surface area contributed by atoms with Gasteiger partial charge in [-0.2, -0.15) is 0 Å². The molecule has 0 aromatic heterocycles. The van der Waals surface area contributed by atoms with Crippen LogP contribution in [0.1, 0.15) is 6.92 Å². The number of nitrogens with one attached hydrogen (secondary N) is 3. The summed E-state index contributed by atoms with van der Waals surface area (Å²) < 4.78 is 0. The quantitative estimate of drug-likeness (QED) is 0.704. The predicted molar refractivity (Wildman–Crippen MR) is 64.4 cm³/mol. The van der Waals surface area contributed by atoms with Gasteiger partial charge in [-0.05, 0) is 24.6 Å². The van der Waals surface area contributed by atoms with Crippen LogP contribution >= 0.6 is 0 Å². The van der Waals surface area contributed by atoms with Gasteiger partial charge in [0.05, 0.1) is 0 Å². The molecule has 2 amide bonds. The van der Waals surface area contributed by atoms with Crippen LogP contribution in [0.2, 0.25) is 0 Å². The lowest BCUT2D eigenvalue weighted by Gasteiger charge is -2.16. The Morgan fingerprint density at radius 2 is 2.06 bits per heavy atom. The Kier molecular flexibility index (Phi) is 3.41. The lowest BCUT2D eigenvalue weighted by Crippen LogP contribution is -2.41. The summed E-state index contributed by atoms with van der Waals surface area (Å²) in [6.45, 7) is 3.95. The first-order chi connectivity index (χ1) is 7.75. The van der Waals surface area contributed by atoms with Gasteiger partial charge >= 0.3 is 6.03 Å². The maximum Gasteiger partial charge on any atom is 0.319 e. The van der Waals surface area contributed by atoms with Gasteiger partial charge in [0.25, 0.3) is 0 Å². The second-order valence-corrected chi connectivity index (χ2v) is 4.21. The molecule has 3 N–H and O–H groups in total. The summed E-state index contributed by atoms with van der Waals surface area (Å²) in [5.41, 5.74) is 0.818. The summed E-state index contributed by atoms with van der Waals surface area (Å²) in [4.78, 5) is 11.7. The molecule has 0 saturated carbocycles. The fourth-order valence-electron chi connectivity index (χ4n) is 1.86. The zero-order valence-corrected chi connectivity index (χ0v) is 9.36. The first-order valence-electron chi connectivity index (χ1n) is 5.59. The van der Waals surface area contributed by atoms with Gasteiger partial charge in [-0.1, -0.05) is 25.1 Å². The van der Waals surface area contributed by atoms with Crippen LogP contribution in [0.15, 0.2) is 30.3 Å². The molecular weight excluding hydrogens is 202 g/mol. The molecule has 16 heavy (non-hydrogen) atoms. The van der Waals surface area contributed by atoms with Crippen molar-refractivity contribution in [3.8, 4) is 0 Å². The van der Waals surface area contributed by atoms with Crippen molar-refractivity contribution >= 4 is 11.7 Å². The van der Waals surface area contributed by atoms with E-state index in [1.165, 1.54) is 0 Å². The number of hydrogen-bond donors (Lipinski definition) is 3. The molecule has 86 valence electrons.